The summed E-state index contributed by atoms with van der Waals surface area (Å²) in [6, 6.07) is 0.0690. The van der Waals surface area contributed by atoms with Crippen LogP contribution in [0.25, 0.3) is 0 Å². The van der Waals surface area contributed by atoms with Crippen LogP contribution in [0, 0.1) is 19.8 Å². The van der Waals surface area contributed by atoms with Crippen molar-refractivity contribution in [3.05, 3.63) is 16.8 Å². The van der Waals surface area contributed by atoms with Gasteiger partial charge in [0.05, 0.1) is 5.69 Å². The van der Waals surface area contributed by atoms with Crippen LogP contribution < -0.4 is 5.32 Å². The number of aromatic carboxylic acids is 1. The van der Waals surface area contributed by atoms with Gasteiger partial charge in [-0.25, -0.2) is 4.79 Å². The average molecular weight is 265 g/mol. The van der Waals surface area contributed by atoms with Gasteiger partial charge in [0.25, 0.3) is 0 Å². The van der Waals surface area contributed by atoms with Gasteiger partial charge in [-0.3, -0.25) is 0 Å². The highest BCUT2D eigenvalue weighted by Crippen LogP contribution is 2.29. The van der Waals surface area contributed by atoms with Gasteiger partial charge in [-0.05, 0) is 32.3 Å². The summed E-state index contributed by atoms with van der Waals surface area (Å²) in [6.45, 7) is 3.58. The van der Waals surface area contributed by atoms with E-state index in [1.165, 1.54) is 0 Å². The minimum absolute atomic E-state index is 0.0690. The van der Waals surface area contributed by atoms with Crippen molar-refractivity contribution in [1.82, 2.24) is 10.2 Å². The number of aryl methyl sites for hydroxylation is 1. The number of carboxylic acids is 1. The molecular weight excluding hydrogens is 246 g/mol. The summed E-state index contributed by atoms with van der Waals surface area (Å²) in [6.07, 6.45) is 2.90. The lowest BCUT2D eigenvalue weighted by atomic mass is 10.0. The van der Waals surface area contributed by atoms with E-state index in [0.717, 1.165) is 19.3 Å². The topological polar surface area (TPSA) is 95.3 Å². The molecular formula is C13H19N3O3. The molecule has 0 radical (unpaired) electrons. The first-order valence-electron chi connectivity index (χ1n) is 6.49. The molecule has 6 nitrogen and oxygen atoms in total. The van der Waals surface area contributed by atoms with Gasteiger partial charge >= 0.3 is 5.97 Å². The van der Waals surface area contributed by atoms with Crippen LogP contribution in [-0.4, -0.2) is 39.0 Å². The molecule has 2 unspecified atom stereocenters. The quantitative estimate of drug-likeness (QED) is 0.761. The van der Waals surface area contributed by atoms with Gasteiger partial charge in [0, 0.05) is 18.6 Å². The first-order valence-corrected chi connectivity index (χ1v) is 6.49. The molecule has 1 aliphatic carbocycles. The predicted molar refractivity (Wildman–Crippen MR) is 70.3 cm³/mol. The predicted octanol–water partition coefficient (Wildman–Crippen LogP) is 1.36. The molecule has 19 heavy (non-hydrogen) atoms. The number of hydrogen-bond acceptors (Lipinski definition) is 5. The minimum Gasteiger partial charge on any atom is -0.478 e. The molecule has 0 aromatic carbocycles. The number of nitrogens with zero attached hydrogens (tertiary/aromatic N) is 2. The van der Waals surface area contributed by atoms with Crippen molar-refractivity contribution in [1.29, 1.82) is 0 Å². The van der Waals surface area contributed by atoms with Crippen LogP contribution >= 0.6 is 0 Å². The Morgan fingerprint density at radius 1 is 1.37 bits per heavy atom. The largest absolute Gasteiger partial charge is 0.478 e. The number of anilines is 1. The molecule has 1 aromatic heterocycles. The van der Waals surface area contributed by atoms with E-state index in [4.69, 9.17) is 0 Å². The summed E-state index contributed by atoms with van der Waals surface area (Å²) in [5, 5.41) is 29.7. The molecule has 3 N–H and O–H groups in total. The van der Waals surface area contributed by atoms with Crippen molar-refractivity contribution in [2.24, 2.45) is 5.92 Å². The van der Waals surface area contributed by atoms with Gasteiger partial charge in [-0.15, -0.1) is 5.10 Å². The molecule has 0 bridgehead atoms. The van der Waals surface area contributed by atoms with E-state index < -0.39 is 5.97 Å². The first kappa shape index (κ1) is 13.7. The number of nitrogens with one attached hydrogen (secondary N) is 1. The second-order valence-electron chi connectivity index (χ2n) is 5.06. The third-order valence-electron chi connectivity index (χ3n) is 3.88. The summed E-state index contributed by atoms with van der Waals surface area (Å²) < 4.78 is 0. The van der Waals surface area contributed by atoms with E-state index in [9.17, 15) is 15.0 Å². The van der Waals surface area contributed by atoms with Crippen molar-refractivity contribution in [3.63, 3.8) is 0 Å². The summed E-state index contributed by atoms with van der Waals surface area (Å²) >= 11 is 0. The first-order chi connectivity index (χ1) is 9.04. The molecule has 1 aromatic rings. The second kappa shape index (κ2) is 5.52. The SMILES string of the molecule is Cc1nnc(NC2CCCC2CO)c(C(=O)O)c1C. The van der Waals surface area contributed by atoms with Crippen molar-refractivity contribution in [2.75, 3.05) is 11.9 Å². The normalized spacial score (nSPS) is 22.5. The van der Waals surface area contributed by atoms with Crippen LogP contribution in [0.3, 0.4) is 0 Å². The van der Waals surface area contributed by atoms with Gasteiger partial charge in [0.1, 0.15) is 5.56 Å². The second-order valence-corrected chi connectivity index (χ2v) is 5.06. The number of hydrogen-bond donors (Lipinski definition) is 3. The fourth-order valence-electron chi connectivity index (χ4n) is 2.59. The Labute approximate surface area is 111 Å². The lowest BCUT2D eigenvalue weighted by Gasteiger charge is -2.21. The fraction of sp³-hybridized carbons (Fsp3) is 0.615. The van der Waals surface area contributed by atoms with Crippen LogP contribution in [-0.2, 0) is 0 Å². The summed E-state index contributed by atoms with van der Waals surface area (Å²) in [4.78, 5) is 11.4. The number of carbonyl (C=O) groups is 1. The summed E-state index contributed by atoms with van der Waals surface area (Å²) in [7, 11) is 0. The van der Waals surface area contributed by atoms with Gasteiger partial charge < -0.3 is 15.5 Å². The van der Waals surface area contributed by atoms with Crippen molar-refractivity contribution >= 4 is 11.8 Å². The van der Waals surface area contributed by atoms with E-state index >= 15 is 0 Å². The summed E-state index contributed by atoms with van der Waals surface area (Å²) in [5.74, 6) is -0.539. The number of aliphatic hydroxyl groups excluding tert-OH is 1. The Hall–Kier alpha value is -1.69. The van der Waals surface area contributed by atoms with E-state index in [-0.39, 0.29) is 24.1 Å². The molecule has 0 saturated heterocycles. The molecule has 1 aliphatic rings. The van der Waals surface area contributed by atoms with E-state index in [2.05, 4.69) is 15.5 Å². The van der Waals surface area contributed by atoms with Crippen molar-refractivity contribution in [3.8, 4) is 0 Å². The van der Waals surface area contributed by atoms with Crippen LogP contribution in [0.2, 0.25) is 0 Å². The number of carboxylic acid groups (broad SMARTS) is 1. The van der Waals surface area contributed by atoms with Crippen LogP contribution in [0.5, 0.6) is 0 Å². The van der Waals surface area contributed by atoms with E-state index in [1.54, 1.807) is 13.8 Å². The minimum atomic E-state index is -1.00. The highest BCUT2D eigenvalue weighted by Gasteiger charge is 2.28. The van der Waals surface area contributed by atoms with Crippen LogP contribution in [0.1, 0.15) is 40.9 Å². The zero-order valence-electron chi connectivity index (χ0n) is 11.2. The molecule has 0 amide bonds. The standard InChI is InChI=1S/C13H19N3O3/c1-7-8(2)15-16-12(11(7)13(18)19)14-10-5-3-4-9(10)6-17/h9-10,17H,3-6H2,1-2H3,(H,14,16)(H,18,19). The highest BCUT2D eigenvalue weighted by atomic mass is 16.4. The van der Waals surface area contributed by atoms with Crippen LogP contribution in [0.15, 0.2) is 0 Å². The van der Waals surface area contributed by atoms with Crippen LogP contribution in [0.4, 0.5) is 5.82 Å². The van der Waals surface area contributed by atoms with Crippen molar-refractivity contribution in [2.45, 2.75) is 39.2 Å². The zero-order chi connectivity index (χ0) is 14.0. The maximum absolute atomic E-state index is 11.4. The summed E-state index contributed by atoms with van der Waals surface area (Å²) in [5.41, 5.74) is 1.42. The lowest BCUT2D eigenvalue weighted by molar-refractivity contribution is 0.0696. The Morgan fingerprint density at radius 2 is 2.11 bits per heavy atom. The van der Waals surface area contributed by atoms with Crippen molar-refractivity contribution < 1.29 is 15.0 Å². The van der Waals surface area contributed by atoms with Gasteiger partial charge in [0.15, 0.2) is 5.82 Å². The maximum Gasteiger partial charge on any atom is 0.339 e. The smallest absolute Gasteiger partial charge is 0.339 e. The highest BCUT2D eigenvalue weighted by molar-refractivity contribution is 5.94. The molecule has 0 spiro atoms. The molecule has 1 fully saturated rings. The Bertz CT molecular complexity index is 490. The molecule has 2 atom stereocenters. The monoisotopic (exact) mass is 265 g/mol. The van der Waals surface area contributed by atoms with Gasteiger partial charge in [-0.1, -0.05) is 6.42 Å². The third-order valence-corrected chi connectivity index (χ3v) is 3.88. The Balaban J connectivity index is 2.30. The maximum atomic E-state index is 11.4. The average Bonchev–Trinajstić information content (AvgIpc) is 2.80. The van der Waals surface area contributed by atoms with E-state index in [0.29, 0.717) is 17.1 Å². The molecule has 0 aliphatic heterocycles. The third kappa shape index (κ3) is 2.68. The van der Waals surface area contributed by atoms with Gasteiger partial charge in [-0.2, -0.15) is 5.10 Å². The number of rotatable bonds is 4. The molecule has 1 saturated carbocycles. The Kier molecular flexibility index (Phi) is 3.99. The molecule has 2 rings (SSSR count). The number of aliphatic hydroxyl groups is 1. The molecule has 1 heterocycles. The zero-order valence-corrected chi connectivity index (χ0v) is 11.2. The molecule has 6 heteroatoms. The Morgan fingerprint density at radius 3 is 2.74 bits per heavy atom. The molecule has 104 valence electrons. The lowest BCUT2D eigenvalue weighted by Crippen LogP contribution is -2.28. The fourth-order valence-corrected chi connectivity index (χ4v) is 2.59. The van der Waals surface area contributed by atoms with Gasteiger partial charge in [0.2, 0.25) is 0 Å². The van der Waals surface area contributed by atoms with E-state index in [1.807, 2.05) is 0 Å². The number of aromatic nitrogens is 2.